The normalized spacial score (nSPS) is 12.9. The van der Waals surface area contributed by atoms with Gasteiger partial charge in [0.25, 0.3) is 0 Å². The van der Waals surface area contributed by atoms with Gasteiger partial charge in [0, 0.05) is 12.1 Å². The summed E-state index contributed by atoms with van der Waals surface area (Å²) in [5, 5.41) is 2.74. The molecule has 0 radical (unpaired) electrons. The van der Waals surface area contributed by atoms with Crippen molar-refractivity contribution in [3.63, 3.8) is 0 Å². The van der Waals surface area contributed by atoms with Crippen LogP contribution in [0.3, 0.4) is 0 Å². The monoisotopic (exact) mass is 236 g/mol. The van der Waals surface area contributed by atoms with Crippen molar-refractivity contribution in [2.45, 2.75) is 32.4 Å². The Hall–Kier alpha value is -1.55. The van der Waals surface area contributed by atoms with Crippen molar-refractivity contribution in [1.82, 2.24) is 5.32 Å². The van der Waals surface area contributed by atoms with Crippen LogP contribution in [0.5, 0.6) is 0 Å². The van der Waals surface area contributed by atoms with E-state index in [4.69, 9.17) is 10.5 Å². The highest BCUT2D eigenvalue weighted by Crippen LogP contribution is 2.16. The van der Waals surface area contributed by atoms with Crippen LogP contribution in [0.4, 0.5) is 4.79 Å². The van der Waals surface area contributed by atoms with Gasteiger partial charge in [-0.1, -0.05) is 30.3 Å². The van der Waals surface area contributed by atoms with Crippen molar-refractivity contribution in [1.29, 1.82) is 0 Å². The molecular weight excluding hydrogens is 216 g/mol. The van der Waals surface area contributed by atoms with Gasteiger partial charge in [0.15, 0.2) is 0 Å². The summed E-state index contributed by atoms with van der Waals surface area (Å²) in [5.41, 5.74) is 6.20. The number of carbonyl (C=O) groups excluding carboxylic acids is 1. The summed E-state index contributed by atoms with van der Waals surface area (Å²) >= 11 is 0. The highest BCUT2D eigenvalue weighted by Gasteiger charge is 2.19. The summed E-state index contributed by atoms with van der Waals surface area (Å²) in [7, 11) is 0. The fraction of sp³-hybridized carbons (Fsp3) is 0.462. The molecule has 94 valence electrons. The Balaban J connectivity index is 2.62. The lowest BCUT2D eigenvalue weighted by Crippen LogP contribution is -2.41. The van der Waals surface area contributed by atoms with Crippen LogP contribution in [0.2, 0.25) is 0 Å². The summed E-state index contributed by atoms with van der Waals surface area (Å²) in [6, 6.07) is 9.47. The summed E-state index contributed by atoms with van der Waals surface area (Å²) in [6.07, 6.45) is -0.852. The van der Waals surface area contributed by atoms with Crippen molar-refractivity contribution in [3.8, 4) is 0 Å². The minimum atomic E-state index is -0.447. The fourth-order valence-corrected chi connectivity index (χ4v) is 1.38. The maximum atomic E-state index is 11.6. The second-order valence-corrected chi connectivity index (χ2v) is 4.92. The molecular formula is C13H20N2O2. The van der Waals surface area contributed by atoms with E-state index in [1.807, 2.05) is 51.1 Å². The minimum Gasteiger partial charge on any atom is -0.440 e. The molecule has 0 fully saturated rings. The van der Waals surface area contributed by atoms with Crippen LogP contribution >= 0.6 is 0 Å². The Morgan fingerprint density at radius 3 is 2.41 bits per heavy atom. The molecule has 1 amide bonds. The molecule has 0 aliphatic heterocycles. The summed E-state index contributed by atoms with van der Waals surface area (Å²) in [4.78, 5) is 11.6. The topological polar surface area (TPSA) is 64.3 Å². The Morgan fingerprint density at radius 2 is 1.94 bits per heavy atom. The average molecular weight is 236 g/mol. The first-order chi connectivity index (χ1) is 7.92. The van der Waals surface area contributed by atoms with Crippen LogP contribution in [-0.4, -0.2) is 18.2 Å². The maximum absolute atomic E-state index is 11.6. The molecule has 0 spiro atoms. The van der Waals surface area contributed by atoms with Gasteiger partial charge < -0.3 is 15.8 Å². The van der Waals surface area contributed by atoms with Crippen molar-refractivity contribution >= 4 is 6.09 Å². The van der Waals surface area contributed by atoms with Crippen molar-refractivity contribution in [2.75, 3.05) is 6.54 Å². The smallest absolute Gasteiger partial charge is 0.408 e. The Bertz CT molecular complexity index is 357. The molecule has 0 saturated carbocycles. The molecule has 17 heavy (non-hydrogen) atoms. The zero-order valence-electron chi connectivity index (χ0n) is 10.6. The molecule has 0 unspecified atom stereocenters. The number of nitrogens with one attached hydrogen (secondary N) is 1. The van der Waals surface area contributed by atoms with E-state index in [2.05, 4.69) is 5.32 Å². The largest absolute Gasteiger partial charge is 0.440 e. The second-order valence-electron chi connectivity index (χ2n) is 4.92. The third kappa shape index (κ3) is 4.87. The lowest BCUT2D eigenvalue weighted by atomic mass is 10.1. The molecule has 4 nitrogen and oxygen atoms in total. The molecule has 0 saturated heterocycles. The molecule has 1 atom stereocenters. The van der Waals surface area contributed by atoms with E-state index in [1.165, 1.54) is 0 Å². The van der Waals surface area contributed by atoms with E-state index in [-0.39, 0.29) is 12.1 Å². The first kappa shape index (κ1) is 13.5. The summed E-state index contributed by atoms with van der Waals surface area (Å²) < 4.78 is 5.29. The van der Waals surface area contributed by atoms with Crippen LogP contribution in [-0.2, 0) is 4.74 Å². The molecule has 0 aromatic heterocycles. The predicted octanol–water partition coefficient (Wildman–Crippen LogP) is 2.21. The number of amides is 1. The van der Waals surface area contributed by atoms with Gasteiger partial charge in [0.05, 0.1) is 0 Å². The minimum absolute atomic E-state index is 0.265. The van der Waals surface area contributed by atoms with E-state index >= 15 is 0 Å². The number of alkyl carbamates (subject to hydrolysis) is 1. The van der Waals surface area contributed by atoms with Gasteiger partial charge in [0.1, 0.15) is 6.10 Å². The summed E-state index contributed by atoms with van der Waals surface area (Å²) in [5.74, 6) is 0. The zero-order valence-corrected chi connectivity index (χ0v) is 10.6. The van der Waals surface area contributed by atoms with E-state index < -0.39 is 12.2 Å². The Labute approximate surface area is 102 Å². The number of nitrogens with two attached hydrogens (primary N) is 1. The third-order valence-corrected chi connectivity index (χ3v) is 2.11. The second kappa shape index (κ2) is 5.68. The average Bonchev–Trinajstić information content (AvgIpc) is 2.24. The van der Waals surface area contributed by atoms with E-state index in [0.717, 1.165) is 5.56 Å². The first-order valence-corrected chi connectivity index (χ1v) is 5.66. The van der Waals surface area contributed by atoms with E-state index in [1.54, 1.807) is 0 Å². The summed E-state index contributed by atoms with van der Waals surface area (Å²) in [6.45, 7) is 5.96. The molecule has 0 bridgehead atoms. The first-order valence-electron chi connectivity index (χ1n) is 5.66. The molecule has 1 aromatic carbocycles. The third-order valence-electron chi connectivity index (χ3n) is 2.11. The van der Waals surface area contributed by atoms with Crippen LogP contribution in [0.15, 0.2) is 30.3 Å². The van der Waals surface area contributed by atoms with E-state index in [0.29, 0.717) is 0 Å². The maximum Gasteiger partial charge on any atom is 0.408 e. The van der Waals surface area contributed by atoms with E-state index in [9.17, 15) is 4.79 Å². The molecule has 0 heterocycles. The van der Waals surface area contributed by atoms with Crippen molar-refractivity contribution in [3.05, 3.63) is 35.9 Å². The van der Waals surface area contributed by atoms with Gasteiger partial charge in [-0.25, -0.2) is 4.79 Å². The van der Waals surface area contributed by atoms with Gasteiger partial charge in [-0.2, -0.15) is 0 Å². The highest BCUT2D eigenvalue weighted by atomic mass is 16.6. The van der Waals surface area contributed by atoms with Gasteiger partial charge in [-0.05, 0) is 26.3 Å². The van der Waals surface area contributed by atoms with Crippen LogP contribution in [0.1, 0.15) is 32.4 Å². The van der Waals surface area contributed by atoms with Crippen LogP contribution < -0.4 is 11.1 Å². The van der Waals surface area contributed by atoms with Gasteiger partial charge in [0.2, 0.25) is 0 Å². The van der Waals surface area contributed by atoms with Crippen LogP contribution in [0, 0.1) is 0 Å². The molecule has 0 aliphatic carbocycles. The SMILES string of the molecule is CC(C)(C)NC(=O)O[C@H](CN)c1ccccc1. The molecule has 1 aromatic rings. The quantitative estimate of drug-likeness (QED) is 0.845. The Morgan fingerprint density at radius 1 is 1.35 bits per heavy atom. The number of benzene rings is 1. The van der Waals surface area contributed by atoms with Crippen LogP contribution in [0.25, 0.3) is 0 Å². The number of hydrogen-bond donors (Lipinski definition) is 2. The molecule has 3 N–H and O–H groups in total. The molecule has 0 aliphatic rings. The highest BCUT2D eigenvalue weighted by molar-refractivity contribution is 5.68. The number of carbonyl (C=O) groups is 1. The number of rotatable bonds is 3. The molecule has 4 heteroatoms. The lowest BCUT2D eigenvalue weighted by Gasteiger charge is -2.23. The van der Waals surface area contributed by atoms with Crippen molar-refractivity contribution in [2.24, 2.45) is 5.73 Å². The number of hydrogen-bond acceptors (Lipinski definition) is 3. The van der Waals surface area contributed by atoms with Gasteiger partial charge >= 0.3 is 6.09 Å². The fourth-order valence-electron chi connectivity index (χ4n) is 1.38. The zero-order chi connectivity index (χ0) is 12.9. The molecule has 1 rings (SSSR count). The number of ether oxygens (including phenoxy) is 1. The predicted molar refractivity (Wildman–Crippen MR) is 67.6 cm³/mol. The lowest BCUT2D eigenvalue weighted by molar-refractivity contribution is 0.0949. The standard InChI is InChI=1S/C13H20N2O2/c1-13(2,3)15-12(16)17-11(9-14)10-7-5-4-6-8-10/h4-8,11H,9,14H2,1-3H3,(H,15,16)/t11-/m1/s1. The van der Waals surface area contributed by atoms with Crippen molar-refractivity contribution < 1.29 is 9.53 Å². The van der Waals surface area contributed by atoms with Gasteiger partial charge in [-0.15, -0.1) is 0 Å². The van der Waals surface area contributed by atoms with Gasteiger partial charge in [-0.3, -0.25) is 0 Å². The Kier molecular flexibility index (Phi) is 4.52.